The minimum Gasteiger partial charge on any atom is -0.374 e. The summed E-state index contributed by atoms with van der Waals surface area (Å²) in [4.78, 5) is -0.910. The summed E-state index contributed by atoms with van der Waals surface area (Å²) in [6.07, 6.45) is -5.81. The van der Waals surface area contributed by atoms with Crippen LogP contribution < -0.4 is 0 Å². The van der Waals surface area contributed by atoms with Crippen molar-refractivity contribution in [2.24, 2.45) is 0 Å². The molecule has 0 amide bonds. The molecule has 0 unspecified atom stereocenters. The van der Waals surface area contributed by atoms with Crippen molar-refractivity contribution >= 4 is 11.8 Å². The summed E-state index contributed by atoms with van der Waals surface area (Å²) in [6.45, 7) is 6.73. The molecule has 2 heterocycles. The molecule has 2 saturated heterocycles. The fourth-order valence-corrected chi connectivity index (χ4v) is 10.8. The summed E-state index contributed by atoms with van der Waals surface area (Å²) >= 11 is 1.52. The molecule has 10 atom stereocenters. The molecule has 0 aromatic heterocycles. The maximum absolute atomic E-state index is 7.26. The molecule has 77 heavy (non-hydrogen) atoms. The van der Waals surface area contributed by atoms with Crippen molar-refractivity contribution in [2.45, 2.75) is 126 Å². The van der Waals surface area contributed by atoms with Gasteiger partial charge < -0.3 is 52.1 Å². The van der Waals surface area contributed by atoms with Crippen molar-refractivity contribution in [1.29, 1.82) is 0 Å². The first-order chi connectivity index (χ1) is 37.9. The van der Waals surface area contributed by atoms with Crippen molar-refractivity contribution in [3.63, 3.8) is 0 Å². The number of hydrogen-bond acceptors (Lipinski definition) is 12. The SMILES string of the molecule is CO[C@H]1O[C@H](COC(C)(C)S[C@@H]2O[C@H](COCc3ccccc3)[C@@H](OCc3ccccc3)[C@H](OCc3ccccc3)[C@H]2OCc2ccccc2)[C@@H](OCc2ccccc2)[C@H](OCc2ccccc2)[C@H]1OCc1ccccc1. The van der Waals surface area contributed by atoms with Gasteiger partial charge in [0.1, 0.15) is 59.2 Å². The average molecular weight is 1060 g/mol. The minimum absolute atomic E-state index is 0.110. The fourth-order valence-electron chi connectivity index (χ4n) is 9.51. The third-order valence-corrected chi connectivity index (χ3v) is 14.8. The van der Waals surface area contributed by atoms with Gasteiger partial charge in [0.2, 0.25) is 0 Å². The highest BCUT2D eigenvalue weighted by Gasteiger charge is 2.52. The molecule has 2 aliphatic heterocycles. The number of ether oxygens (including phenoxy) is 11. The predicted molar refractivity (Wildman–Crippen MR) is 298 cm³/mol. The van der Waals surface area contributed by atoms with E-state index in [0.29, 0.717) is 46.2 Å². The van der Waals surface area contributed by atoms with Crippen molar-refractivity contribution in [3.8, 4) is 0 Å². The van der Waals surface area contributed by atoms with Crippen LogP contribution in [0.25, 0.3) is 0 Å². The van der Waals surface area contributed by atoms with Gasteiger partial charge in [-0.1, -0.05) is 224 Å². The average Bonchev–Trinajstić information content (AvgIpc) is 3.48. The topological polar surface area (TPSA) is 102 Å². The Balaban J connectivity index is 1.01. The van der Waals surface area contributed by atoms with Crippen LogP contribution in [0.4, 0.5) is 0 Å². The molecular formula is C65H72O11S. The molecule has 0 saturated carbocycles. The van der Waals surface area contributed by atoms with Crippen LogP contribution in [-0.4, -0.2) is 85.8 Å². The summed E-state index contributed by atoms with van der Waals surface area (Å²) in [5.41, 5.74) is 6.53. The van der Waals surface area contributed by atoms with Gasteiger partial charge in [0.05, 0.1) is 59.5 Å². The molecule has 404 valence electrons. The minimum atomic E-state index is -0.910. The molecule has 9 rings (SSSR count). The predicted octanol–water partition coefficient (Wildman–Crippen LogP) is 12.3. The second kappa shape index (κ2) is 29.4. The van der Waals surface area contributed by atoms with Gasteiger partial charge in [-0.2, -0.15) is 0 Å². The first-order valence-corrected chi connectivity index (χ1v) is 27.5. The molecular weight excluding hydrogens is 989 g/mol. The Bertz CT molecular complexity index is 2690. The second-order valence-electron chi connectivity index (χ2n) is 19.7. The third kappa shape index (κ3) is 17.0. The molecule has 7 aromatic carbocycles. The van der Waals surface area contributed by atoms with Crippen molar-refractivity contribution < 1.29 is 52.1 Å². The molecule has 0 bridgehead atoms. The highest BCUT2D eigenvalue weighted by molar-refractivity contribution is 8.00. The van der Waals surface area contributed by atoms with E-state index in [1.807, 2.05) is 178 Å². The van der Waals surface area contributed by atoms with Gasteiger partial charge in [0.25, 0.3) is 0 Å². The van der Waals surface area contributed by atoms with Crippen LogP contribution in [0.5, 0.6) is 0 Å². The van der Waals surface area contributed by atoms with E-state index in [0.717, 1.165) is 38.9 Å². The van der Waals surface area contributed by atoms with E-state index in [4.69, 9.17) is 52.1 Å². The van der Waals surface area contributed by atoms with E-state index in [-0.39, 0.29) is 13.2 Å². The molecule has 0 radical (unpaired) electrons. The lowest BCUT2D eigenvalue weighted by Gasteiger charge is -2.48. The fraction of sp³-hybridized carbons (Fsp3) is 0.354. The first-order valence-electron chi connectivity index (χ1n) is 26.6. The highest BCUT2D eigenvalue weighted by Crippen LogP contribution is 2.42. The Kier molecular flexibility index (Phi) is 21.5. The lowest BCUT2D eigenvalue weighted by Crippen LogP contribution is -2.62. The number of benzene rings is 7. The lowest BCUT2D eigenvalue weighted by molar-refractivity contribution is -0.324. The quantitative estimate of drug-likeness (QED) is 0.0437. The van der Waals surface area contributed by atoms with Gasteiger partial charge >= 0.3 is 0 Å². The van der Waals surface area contributed by atoms with Gasteiger partial charge in [-0.05, 0) is 52.8 Å². The van der Waals surface area contributed by atoms with Crippen molar-refractivity contribution in [2.75, 3.05) is 20.3 Å². The zero-order chi connectivity index (χ0) is 52.9. The Morgan fingerprint density at radius 3 is 1.01 bits per heavy atom. The number of rotatable bonds is 28. The zero-order valence-electron chi connectivity index (χ0n) is 44.2. The molecule has 0 aliphatic carbocycles. The van der Waals surface area contributed by atoms with E-state index in [2.05, 4.69) is 48.5 Å². The van der Waals surface area contributed by atoms with Crippen LogP contribution in [0.3, 0.4) is 0 Å². The van der Waals surface area contributed by atoms with Gasteiger partial charge in [0, 0.05) is 7.11 Å². The molecule has 2 fully saturated rings. The van der Waals surface area contributed by atoms with Gasteiger partial charge in [-0.3, -0.25) is 0 Å². The molecule has 11 nitrogen and oxygen atoms in total. The number of thioether (sulfide) groups is 1. The summed E-state index contributed by atoms with van der Waals surface area (Å²) in [5, 5.41) is 0. The first kappa shape index (κ1) is 56.2. The van der Waals surface area contributed by atoms with Crippen LogP contribution in [-0.2, 0) is 98.4 Å². The zero-order valence-corrected chi connectivity index (χ0v) is 45.1. The normalized spacial score (nSPS) is 23.6. The largest absolute Gasteiger partial charge is 0.374 e. The van der Waals surface area contributed by atoms with E-state index in [1.165, 1.54) is 11.8 Å². The van der Waals surface area contributed by atoms with Crippen molar-refractivity contribution in [1.82, 2.24) is 0 Å². The Morgan fingerprint density at radius 1 is 0.351 bits per heavy atom. The van der Waals surface area contributed by atoms with E-state index in [9.17, 15) is 0 Å². The van der Waals surface area contributed by atoms with Crippen LogP contribution in [0.15, 0.2) is 212 Å². The Labute approximate surface area is 459 Å². The van der Waals surface area contributed by atoms with E-state index in [1.54, 1.807) is 7.11 Å². The maximum Gasteiger partial charge on any atom is 0.186 e. The van der Waals surface area contributed by atoms with Gasteiger partial charge in [0.15, 0.2) is 6.29 Å². The monoisotopic (exact) mass is 1060 g/mol. The standard InChI is InChI=1S/C65H72O11S/c1-65(2,74-47-56-58(69-41-50-29-15-6-16-30-50)59(70-42-51-31-17-7-18-32-51)61(63(66-3)75-56)72-44-53-35-21-9-22-36-53)77-64-62(73-45-54-37-23-10-24-38-54)60(71-43-52-33-19-8-20-34-52)57(68-40-49-27-13-5-14-28-49)55(76-64)46-67-39-48-25-11-4-12-26-48/h4-38,55-64H,39-47H2,1-3H3/t55-,56-,57-,58-,59+,60+,61-,62-,63+,64+/m1/s1. The lowest BCUT2D eigenvalue weighted by atomic mass is 9.97. The molecule has 2 aliphatic rings. The van der Waals surface area contributed by atoms with Crippen LogP contribution in [0.2, 0.25) is 0 Å². The molecule has 0 spiro atoms. The summed E-state index contributed by atoms with van der Waals surface area (Å²) in [6, 6.07) is 70.9. The summed E-state index contributed by atoms with van der Waals surface area (Å²) in [5.74, 6) is 0. The smallest absolute Gasteiger partial charge is 0.186 e. The van der Waals surface area contributed by atoms with Gasteiger partial charge in [-0.25, -0.2) is 0 Å². The number of methoxy groups -OCH3 is 1. The molecule has 7 aromatic rings. The Hall–Kier alpha value is -5.55. The van der Waals surface area contributed by atoms with E-state index >= 15 is 0 Å². The summed E-state index contributed by atoms with van der Waals surface area (Å²) in [7, 11) is 1.63. The Morgan fingerprint density at radius 2 is 0.649 bits per heavy atom. The molecule has 0 N–H and O–H groups in total. The molecule has 12 heteroatoms. The van der Waals surface area contributed by atoms with Crippen LogP contribution in [0.1, 0.15) is 52.8 Å². The summed E-state index contributed by atoms with van der Waals surface area (Å²) < 4.78 is 75.5. The number of hydrogen-bond donors (Lipinski definition) is 0. The van der Waals surface area contributed by atoms with Crippen LogP contribution >= 0.6 is 11.8 Å². The maximum atomic E-state index is 7.26. The third-order valence-electron chi connectivity index (χ3n) is 13.5. The van der Waals surface area contributed by atoms with Gasteiger partial charge in [-0.15, -0.1) is 0 Å². The second-order valence-corrected chi connectivity index (χ2v) is 21.4. The van der Waals surface area contributed by atoms with E-state index < -0.39 is 65.5 Å². The van der Waals surface area contributed by atoms with Crippen LogP contribution in [0, 0.1) is 0 Å². The van der Waals surface area contributed by atoms with Crippen molar-refractivity contribution in [3.05, 3.63) is 251 Å². The highest BCUT2D eigenvalue weighted by atomic mass is 32.2.